The maximum absolute atomic E-state index is 11.0. The summed E-state index contributed by atoms with van der Waals surface area (Å²) in [5.74, 6) is 5.47. The van der Waals surface area contributed by atoms with Crippen molar-refractivity contribution in [2.75, 3.05) is 12.1 Å². The van der Waals surface area contributed by atoms with Gasteiger partial charge in [0.2, 0.25) is 0 Å². The smallest absolute Gasteiger partial charge is 0.336 e. The number of amides is 2. The average molecular weight is 165 g/mol. The van der Waals surface area contributed by atoms with Crippen LogP contribution < -0.4 is 16.2 Å². The lowest BCUT2D eigenvalue weighted by atomic mass is 10.3. The number of carbonyl (C=O) groups excluding carboxylic acids is 1. The number of para-hydroxylation sites is 1. The van der Waals surface area contributed by atoms with Crippen molar-refractivity contribution in [2.45, 2.75) is 0 Å². The van der Waals surface area contributed by atoms with Crippen LogP contribution in [0.1, 0.15) is 0 Å². The van der Waals surface area contributed by atoms with Gasteiger partial charge < -0.3 is 5.32 Å². The minimum Gasteiger partial charge on any atom is -0.340 e. The average Bonchev–Trinajstić information content (AvgIpc) is 2.17. The molecule has 0 aliphatic heterocycles. The van der Waals surface area contributed by atoms with E-state index in [1.54, 1.807) is 12.1 Å². The van der Waals surface area contributed by atoms with Gasteiger partial charge in [-0.1, -0.05) is 18.2 Å². The molecular weight excluding hydrogens is 154 g/mol. The molecule has 0 spiro atoms. The summed E-state index contributed by atoms with van der Waals surface area (Å²) < 4.78 is 0. The summed E-state index contributed by atoms with van der Waals surface area (Å²) in [4.78, 5) is 11.0. The normalized spacial score (nSPS) is 9.17. The van der Waals surface area contributed by atoms with Crippen LogP contribution in [0, 0.1) is 0 Å². The van der Waals surface area contributed by atoms with Gasteiger partial charge in [-0.25, -0.2) is 15.6 Å². The highest BCUT2D eigenvalue weighted by molar-refractivity contribution is 5.90. The molecule has 4 heteroatoms. The highest BCUT2D eigenvalue weighted by Gasteiger charge is 2.07. The molecule has 0 aliphatic rings. The van der Waals surface area contributed by atoms with Gasteiger partial charge in [-0.3, -0.25) is 0 Å². The summed E-state index contributed by atoms with van der Waals surface area (Å²) in [6, 6.07) is 8.68. The number of rotatable bonds is 1. The van der Waals surface area contributed by atoms with E-state index in [2.05, 4.69) is 5.32 Å². The predicted molar refractivity (Wildman–Crippen MR) is 47.6 cm³/mol. The molecule has 12 heavy (non-hydrogen) atoms. The van der Waals surface area contributed by atoms with Crippen molar-refractivity contribution < 1.29 is 4.79 Å². The number of hydrogen-bond acceptors (Lipinski definition) is 2. The third kappa shape index (κ3) is 1.73. The second-order valence-corrected chi connectivity index (χ2v) is 2.26. The Bertz CT molecular complexity index is 260. The van der Waals surface area contributed by atoms with E-state index < -0.39 is 0 Å². The fraction of sp³-hybridized carbons (Fsp3) is 0.125. The number of nitrogens with one attached hydrogen (secondary N) is 1. The molecule has 1 rings (SSSR count). The molecule has 0 heterocycles. The zero-order valence-corrected chi connectivity index (χ0v) is 6.82. The van der Waals surface area contributed by atoms with Crippen molar-refractivity contribution in [1.29, 1.82) is 0 Å². The number of anilines is 1. The van der Waals surface area contributed by atoms with Crippen LogP contribution in [-0.2, 0) is 0 Å². The Morgan fingerprint density at radius 2 is 2.00 bits per heavy atom. The molecule has 0 unspecified atom stereocenters. The first-order valence-corrected chi connectivity index (χ1v) is 3.57. The van der Waals surface area contributed by atoms with Gasteiger partial charge in [0.1, 0.15) is 0 Å². The molecule has 0 radical (unpaired) electrons. The number of nitrogens with zero attached hydrogens (tertiary/aromatic N) is 1. The highest BCUT2D eigenvalue weighted by Crippen LogP contribution is 2.08. The largest absolute Gasteiger partial charge is 0.340 e. The van der Waals surface area contributed by atoms with Crippen molar-refractivity contribution in [3.63, 3.8) is 0 Å². The molecule has 0 saturated carbocycles. The van der Waals surface area contributed by atoms with E-state index in [9.17, 15) is 4.79 Å². The van der Waals surface area contributed by atoms with Crippen LogP contribution in [0.2, 0.25) is 0 Å². The lowest BCUT2D eigenvalue weighted by Gasteiger charge is -2.15. The monoisotopic (exact) mass is 165 g/mol. The SMILES string of the molecule is CNC(=O)N(N)c1ccccc1. The predicted octanol–water partition coefficient (Wildman–Crippen LogP) is 0.706. The number of benzene rings is 1. The van der Waals surface area contributed by atoms with Crippen molar-refractivity contribution in [1.82, 2.24) is 5.32 Å². The third-order valence-corrected chi connectivity index (χ3v) is 1.47. The molecule has 3 N–H and O–H groups in total. The summed E-state index contributed by atoms with van der Waals surface area (Å²) >= 11 is 0. The number of urea groups is 1. The number of hydrogen-bond donors (Lipinski definition) is 2. The van der Waals surface area contributed by atoms with Crippen molar-refractivity contribution in [3.05, 3.63) is 30.3 Å². The molecule has 1 aromatic rings. The van der Waals surface area contributed by atoms with E-state index in [0.29, 0.717) is 5.69 Å². The van der Waals surface area contributed by atoms with Crippen LogP contribution in [-0.4, -0.2) is 13.1 Å². The first-order valence-electron chi connectivity index (χ1n) is 3.57. The Hall–Kier alpha value is -1.55. The summed E-state index contributed by atoms with van der Waals surface area (Å²) in [5.41, 5.74) is 0.664. The summed E-state index contributed by atoms with van der Waals surface area (Å²) in [7, 11) is 1.53. The Kier molecular flexibility index (Phi) is 2.66. The molecule has 0 aromatic heterocycles. The van der Waals surface area contributed by atoms with Crippen LogP contribution in [0.4, 0.5) is 10.5 Å². The fourth-order valence-electron chi connectivity index (χ4n) is 0.826. The van der Waals surface area contributed by atoms with Gasteiger partial charge in [0.15, 0.2) is 0 Å². The summed E-state index contributed by atoms with van der Waals surface area (Å²) in [5, 5.41) is 3.48. The molecule has 1 aromatic carbocycles. The maximum atomic E-state index is 11.0. The van der Waals surface area contributed by atoms with Crippen LogP contribution in [0.25, 0.3) is 0 Å². The molecule has 0 fully saturated rings. The minimum atomic E-state index is -0.332. The van der Waals surface area contributed by atoms with Crippen LogP contribution in [0.5, 0.6) is 0 Å². The highest BCUT2D eigenvalue weighted by atomic mass is 16.2. The molecule has 2 amide bonds. The Labute approximate surface area is 70.9 Å². The molecule has 0 bridgehead atoms. The molecular formula is C8H11N3O. The number of hydrazine groups is 1. The van der Waals surface area contributed by atoms with E-state index in [1.807, 2.05) is 18.2 Å². The van der Waals surface area contributed by atoms with Gasteiger partial charge in [0.05, 0.1) is 5.69 Å². The van der Waals surface area contributed by atoms with Gasteiger partial charge in [-0.15, -0.1) is 0 Å². The quantitative estimate of drug-likeness (QED) is 0.365. The Morgan fingerprint density at radius 1 is 1.42 bits per heavy atom. The summed E-state index contributed by atoms with van der Waals surface area (Å²) in [6.07, 6.45) is 0. The first-order chi connectivity index (χ1) is 5.75. The molecule has 0 atom stereocenters. The molecule has 0 aliphatic carbocycles. The molecule has 4 nitrogen and oxygen atoms in total. The van der Waals surface area contributed by atoms with Crippen molar-refractivity contribution in [3.8, 4) is 0 Å². The minimum absolute atomic E-state index is 0.332. The van der Waals surface area contributed by atoms with Gasteiger partial charge in [0.25, 0.3) is 0 Å². The van der Waals surface area contributed by atoms with Crippen LogP contribution in [0.3, 0.4) is 0 Å². The second kappa shape index (κ2) is 3.73. The first kappa shape index (κ1) is 8.55. The standard InChI is InChI=1S/C8H11N3O/c1-10-8(12)11(9)7-5-3-2-4-6-7/h2-6H,9H2,1H3,(H,10,12). The third-order valence-electron chi connectivity index (χ3n) is 1.47. The van der Waals surface area contributed by atoms with Gasteiger partial charge in [-0.05, 0) is 12.1 Å². The lowest BCUT2D eigenvalue weighted by molar-refractivity contribution is 0.248. The number of nitrogens with two attached hydrogens (primary N) is 1. The lowest BCUT2D eigenvalue weighted by Crippen LogP contribution is -2.43. The zero-order valence-electron chi connectivity index (χ0n) is 6.82. The zero-order chi connectivity index (χ0) is 8.97. The topological polar surface area (TPSA) is 58.4 Å². The van der Waals surface area contributed by atoms with Crippen molar-refractivity contribution >= 4 is 11.7 Å². The Morgan fingerprint density at radius 3 is 2.50 bits per heavy atom. The van der Waals surface area contributed by atoms with E-state index in [4.69, 9.17) is 5.84 Å². The number of carbonyl (C=O) groups is 1. The van der Waals surface area contributed by atoms with Gasteiger partial charge in [0, 0.05) is 7.05 Å². The van der Waals surface area contributed by atoms with Crippen molar-refractivity contribution in [2.24, 2.45) is 5.84 Å². The summed E-state index contributed by atoms with van der Waals surface area (Å²) in [6.45, 7) is 0. The maximum Gasteiger partial charge on any atom is 0.336 e. The molecule has 64 valence electrons. The van der Waals surface area contributed by atoms with E-state index >= 15 is 0 Å². The van der Waals surface area contributed by atoms with Crippen LogP contribution in [0.15, 0.2) is 30.3 Å². The van der Waals surface area contributed by atoms with Crippen LogP contribution >= 0.6 is 0 Å². The fourth-order valence-corrected chi connectivity index (χ4v) is 0.826. The Balaban J connectivity index is 2.78. The van der Waals surface area contributed by atoms with Gasteiger partial charge in [-0.2, -0.15) is 0 Å². The van der Waals surface area contributed by atoms with E-state index in [1.165, 1.54) is 7.05 Å². The van der Waals surface area contributed by atoms with E-state index in [0.717, 1.165) is 5.01 Å². The second-order valence-electron chi connectivity index (χ2n) is 2.26. The molecule has 0 saturated heterocycles. The van der Waals surface area contributed by atoms with Gasteiger partial charge >= 0.3 is 6.03 Å². The van der Waals surface area contributed by atoms with E-state index in [-0.39, 0.29) is 6.03 Å².